The second-order valence-corrected chi connectivity index (χ2v) is 13.9. The maximum absolute atomic E-state index is 14.1. The van der Waals surface area contributed by atoms with Gasteiger partial charge in [0.15, 0.2) is 4.80 Å². The monoisotopic (exact) mass is 808 g/mol. The highest BCUT2D eigenvalue weighted by Crippen LogP contribution is 2.41. The highest BCUT2D eigenvalue weighted by atomic mass is 127. The van der Waals surface area contributed by atoms with Crippen molar-refractivity contribution in [2.75, 3.05) is 7.11 Å². The van der Waals surface area contributed by atoms with Crippen LogP contribution in [0.3, 0.4) is 0 Å². The van der Waals surface area contributed by atoms with Gasteiger partial charge in [-0.05, 0) is 128 Å². The van der Waals surface area contributed by atoms with Gasteiger partial charge in [0.25, 0.3) is 5.56 Å². The number of benzene rings is 4. The summed E-state index contributed by atoms with van der Waals surface area (Å²) < 4.78 is 16.4. The molecule has 43 heavy (non-hydrogen) atoms. The summed E-state index contributed by atoms with van der Waals surface area (Å²) in [5.74, 6) is 1.66. The minimum atomic E-state index is -0.219. The van der Waals surface area contributed by atoms with Crippen LogP contribution >= 0.6 is 56.5 Å². The Labute approximate surface area is 280 Å². The van der Waals surface area contributed by atoms with E-state index in [1.807, 2.05) is 53.1 Å². The van der Waals surface area contributed by atoms with Gasteiger partial charge in [-0.1, -0.05) is 65.9 Å². The van der Waals surface area contributed by atoms with Crippen molar-refractivity contribution in [1.82, 2.24) is 4.57 Å². The highest BCUT2D eigenvalue weighted by molar-refractivity contribution is 14.1. The Bertz CT molecular complexity index is 2080. The molecule has 1 atom stereocenters. The smallest absolute Gasteiger partial charge is 0.271 e. The molecule has 4 aromatic carbocycles. The standard InChI is InChI=1S/C35H26I2N2O3S/c1-41-26-13-9-24(10-14-26)33-28-15-11-23-7-2-3-8-27(23)32(28)38-35-39(33)34(40)31(43-35)18-21-5-4-6-22(17-21)20-42-30-16-12-25(36)19-29(30)37/h2-10,12-14,16-19,33H,11,15,20H2,1H3/b31-18+/t33-/m0/s1. The minimum Gasteiger partial charge on any atom is -0.497 e. The van der Waals surface area contributed by atoms with Crippen LogP contribution in [0.5, 0.6) is 11.5 Å². The quantitative estimate of drug-likeness (QED) is 0.172. The van der Waals surface area contributed by atoms with Crippen LogP contribution in [0.2, 0.25) is 0 Å². The molecule has 0 bridgehead atoms. The number of rotatable bonds is 6. The van der Waals surface area contributed by atoms with Crippen LogP contribution in [0.15, 0.2) is 106 Å². The Hall–Kier alpha value is -3.22. The van der Waals surface area contributed by atoms with Gasteiger partial charge in [0, 0.05) is 9.13 Å². The molecule has 0 saturated carbocycles. The molecule has 0 N–H and O–H groups in total. The number of ether oxygens (including phenoxy) is 2. The lowest BCUT2D eigenvalue weighted by atomic mass is 9.83. The van der Waals surface area contributed by atoms with Crippen LogP contribution in [0.1, 0.15) is 40.3 Å². The van der Waals surface area contributed by atoms with E-state index in [9.17, 15) is 4.79 Å². The molecule has 1 aromatic heterocycles. The zero-order valence-electron chi connectivity index (χ0n) is 23.2. The number of hydrogen-bond acceptors (Lipinski definition) is 5. The third kappa shape index (κ3) is 5.60. The molecule has 5 nitrogen and oxygen atoms in total. The van der Waals surface area contributed by atoms with Crippen molar-refractivity contribution in [2.45, 2.75) is 25.5 Å². The number of aromatic nitrogens is 1. The van der Waals surface area contributed by atoms with Gasteiger partial charge in [-0.25, -0.2) is 4.99 Å². The van der Waals surface area contributed by atoms with Crippen LogP contribution in [-0.2, 0) is 13.0 Å². The molecule has 0 amide bonds. The van der Waals surface area contributed by atoms with Crippen molar-refractivity contribution in [3.05, 3.63) is 151 Å². The van der Waals surface area contributed by atoms with Crippen molar-refractivity contribution in [3.8, 4) is 11.5 Å². The molecule has 8 heteroatoms. The molecule has 0 saturated heterocycles. The van der Waals surface area contributed by atoms with Crippen LogP contribution in [0.25, 0.3) is 11.8 Å². The molecule has 1 aliphatic heterocycles. The third-order valence-corrected chi connectivity index (χ3v) is 10.3. The molecule has 0 fully saturated rings. The van der Waals surface area contributed by atoms with Crippen molar-refractivity contribution >= 4 is 68.3 Å². The molecule has 0 radical (unpaired) electrons. The predicted molar refractivity (Wildman–Crippen MR) is 188 cm³/mol. The maximum atomic E-state index is 14.1. The lowest BCUT2D eigenvalue weighted by Crippen LogP contribution is -2.38. The number of fused-ring (bicyclic) bond motifs is 3. The lowest BCUT2D eigenvalue weighted by molar-refractivity contribution is 0.304. The molecular formula is C35H26I2N2O3S. The van der Waals surface area contributed by atoms with Crippen LogP contribution < -0.4 is 24.4 Å². The van der Waals surface area contributed by atoms with Crippen molar-refractivity contribution in [1.29, 1.82) is 0 Å². The Kier molecular flexibility index (Phi) is 8.00. The number of thiazole rings is 1. The number of methoxy groups -OCH3 is 1. The number of hydrogen-bond donors (Lipinski definition) is 0. The van der Waals surface area contributed by atoms with Gasteiger partial charge in [-0.2, -0.15) is 0 Å². The molecule has 0 spiro atoms. The van der Waals surface area contributed by atoms with E-state index in [1.165, 1.54) is 26.0 Å². The zero-order valence-corrected chi connectivity index (χ0v) is 28.4. The van der Waals surface area contributed by atoms with Crippen molar-refractivity contribution in [3.63, 3.8) is 0 Å². The molecule has 5 aromatic rings. The first kappa shape index (κ1) is 28.5. The number of aryl methyl sites for hydroxylation is 1. The Morgan fingerprint density at radius 2 is 1.81 bits per heavy atom. The summed E-state index contributed by atoms with van der Waals surface area (Å²) in [7, 11) is 1.67. The largest absolute Gasteiger partial charge is 0.497 e. The van der Waals surface area contributed by atoms with Gasteiger partial charge in [-0.15, -0.1) is 0 Å². The molecule has 214 valence electrons. The summed E-state index contributed by atoms with van der Waals surface area (Å²) in [6, 6.07) is 30.6. The lowest BCUT2D eigenvalue weighted by Gasteiger charge is -2.30. The zero-order chi connectivity index (χ0) is 29.5. The van der Waals surface area contributed by atoms with E-state index in [4.69, 9.17) is 14.5 Å². The minimum absolute atomic E-state index is 0.0231. The fourth-order valence-electron chi connectivity index (χ4n) is 5.79. The Balaban J connectivity index is 1.30. The molecule has 7 rings (SSSR count). The fraction of sp³-hybridized carbons (Fsp3) is 0.143. The first-order chi connectivity index (χ1) is 21.0. The number of nitrogens with zero attached hydrogens (tertiary/aromatic N) is 2. The van der Waals surface area contributed by atoms with Crippen LogP contribution in [0.4, 0.5) is 0 Å². The Morgan fingerprint density at radius 3 is 2.63 bits per heavy atom. The molecule has 2 heterocycles. The molecule has 0 unspecified atom stereocenters. The summed E-state index contributed by atoms with van der Waals surface area (Å²) in [5.41, 5.74) is 7.68. The van der Waals surface area contributed by atoms with Gasteiger partial charge in [-0.3, -0.25) is 9.36 Å². The van der Waals surface area contributed by atoms with Gasteiger partial charge in [0.2, 0.25) is 0 Å². The topological polar surface area (TPSA) is 52.8 Å². The van der Waals surface area contributed by atoms with E-state index < -0.39 is 0 Å². The first-order valence-corrected chi connectivity index (χ1v) is 16.9. The van der Waals surface area contributed by atoms with E-state index in [0.29, 0.717) is 11.1 Å². The van der Waals surface area contributed by atoms with Crippen molar-refractivity contribution < 1.29 is 9.47 Å². The second-order valence-electron chi connectivity index (χ2n) is 10.5. The maximum Gasteiger partial charge on any atom is 0.271 e. The molecule has 1 aliphatic carbocycles. The van der Waals surface area contributed by atoms with Crippen molar-refractivity contribution in [2.24, 2.45) is 4.99 Å². The fourth-order valence-corrected chi connectivity index (χ4v) is 8.54. The van der Waals surface area contributed by atoms with E-state index in [1.54, 1.807) is 7.11 Å². The summed E-state index contributed by atoms with van der Waals surface area (Å²) in [4.78, 5) is 20.0. The average molecular weight is 808 g/mol. The summed E-state index contributed by atoms with van der Waals surface area (Å²) in [6.45, 7) is 0.448. The second kappa shape index (κ2) is 12.0. The van der Waals surface area contributed by atoms with Crippen LogP contribution in [0, 0.1) is 7.14 Å². The Morgan fingerprint density at radius 1 is 0.977 bits per heavy atom. The summed E-state index contributed by atoms with van der Waals surface area (Å²) >= 11 is 6.06. The van der Waals surface area contributed by atoms with Crippen LogP contribution in [-0.4, -0.2) is 11.7 Å². The van der Waals surface area contributed by atoms with E-state index in [0.717, 1.165) is 60.7 Å². The first-order valence-electron chi connectivity index (χ1n) is 13.9. The number of allylic oxidation sites excluding steroid dienone is 1. The van der Waals surface area contributed by atoms with Gasteiger partial charge in [0.1, 0.15) is 18.1 Å². The SMILES string of the molecule is COc1ccc([C@H]2C3=C(N=c4s/c(=C/c5cccc(COc6ccc(I)cc6I)c5)c(=O)n42)c2ccccc2CC3)cc1. The molecule has 2 aliphatic rings. The van der Waals surface area contributed by atoms with E-state index >= 15 is 0 Å². The van der Waals surface area contributed by atoms with Gasteiger partial charge in [0.05, 0.1) is 27.0 Å². The normalized spacial score (nSPS) is 15.8. The van der Waals surface area contributed by atoms with Gasteiger partial charge < -0.3 is 9.47 Å². The van der Waals surface area contributed by atoms with E-state index in [-0.39, 0.29) is 11.6 Å². The molecular weight excluding hydrogens is 782 g/mol. The number of halogens is 2. The summed E-state index contributed by atoms with van der Waals surface area (Å²) in [6.07, 6.45) is 3.76. The third-order valence-electron chi connectivity index (χ3n) is 7.84. The van der Waals surface area contributed by atoms with Gasteiger partial charge >= 0.3 is 0 Å². The predicted octanol–water partition coefficient (Wildman–Crippen LogP) is 7.12. The average Bonchev–Trinajstić information content (AvgIpc) is 3.33. The van der Waals surface area contributed by atoms with E-state index in [2.05, 4.69) is 93.7 Å². The summed E-state index contributed by atoms with van der Waals surface area (Å²) in [5, 5.41) is 0. The highest BCUT2D eigenvalue weighted by Gasteiger charge is 2.32.